The molecule has 3 aromatic rings. The first-order valence-corrected chi connectivity index (χ1v) is 12.8. The average molecular weight is 517 g/mol. The lowest BCUT2D eigenvalue weighted by Gasteiger charge is -2.24. The summed E-state index contributed by atoms with van der Waals surface area (Å²) in [5.74, 6) is 0.640. The van der Waals surface area contributed by atoms with Gasteiger partial charge in [-0.25, -0.2) is 8.42 Å². The van der Waals surface area contributed by atoms with Gasteiger partial charge in [-0.1, -0.05) is 35.4 Å². The molecular weight excluding hydrogens is 488 g/mol. The summed E-state index contributed by atoms with van der Waals surface area (Å²) < 4.78 is 38.9. The Morgan fingerprint density at radius 3 is 2.20 bits per heavy atom. The Morgan fingerprint density at radius 1 is 0.943 bits per heavy atom. The van der Waals surface area contributed by atoms with Gasteiger partial charge < -0.3 is 14.8 Å². The van der Waals surface area contributed by atoms with Crippen molar-refractivity contribution < 1.29 is 22.7 Å². The van der Waals surface area contributed by atoms with Crippen molar-refractivity contribution >= 4 is 33.2 Å². The molecule has 0 fully saturated rings. The van der Waals surface area contributed by atoms with Crippen LogP contribution in [-0.2, 0) is 14.8 Å². The highest BCUT2D eigenvalue weighted by molar-refractivity contribution is 7.92. The number of methoxy groups -OCH3 is 1. The number of anilines is 1. The topological polar surface area (TPSA) is 84.9 Å². The molecule has 7 nitrogen and oxygen atoms in total. The maximum Gasteiger partial charge on any atom is 0.264 e. The number of carbonyl (C=O) groups is 1. The minimum absolute atomic E-state index is 0.0704. The second kappa shape index (κ2) is 11.5. The maximum atomic E-state index is 13.5. The number of hydrogen-bond donors (Lipinski definition) is 1. The largest absolute Gasteiger partial charge is 0.495 e. The lowest BCUT2D eigenvalue weighted by Crippen LogP contribution is -2.42. The fourth-order valence-electron chi connectivity index (χ4n) is 3.52. The molecule has 0 aliphatic heterocycles. The van der Waals surface area contributed by atoms with E-state index in [2.05, 4.69) is 5.32 Å². The molecule has 0 bridgehead atoms. The van der Waals surface area contributed by atoms with E-state index in [0.717, 1.165) is 21.0 Å². The summed E-state index contributed by atoms with van der Waals surface area (Å²) in [6.45, 7) is 5.86. The van der Waals surface area contributed by atoms with Crippen molar-refractivity contribution in [3.63, 3.8) is 0 Å². The van der Waals surface area contributed by atoms with Gasteiger partial charge >= 0.3 is 0 Å². The van der Waals surface area contributed by atoms with Gasteiger partial charge in [0, 0.05) is 0 Å². The average Bonchev–Trinajstić information content (AvgIpc) is 2.80. The van der Waals surface area contributed by atoms with E-state index in [-0.39, 0.29) is 28.8 Å². The van der Waals surface area contributed by atoms with Gasteiger partial charge in [-0.15, -0.1) is 0 Å². The van der Waals surface area contributed by atoms with Crippen LogP contribution in [0.4, 0.5) is 5.69 Å². The number of benzene rings is 3. The molecule has 0 spiro atoms. The van der Waals surface area contributed by atoms with Crippen LogP contribution < -0.4 is 19.1 Å². The molecule has 35 heavy (non-hydrogen) atoms. The molecule has 3 aromatic carbocycles. The van der Waals surface area contributed by atoms with Crippen LogP contribution in [0.2, 0.25) is 5.02 Å². The third-order valence-electron chi connectivity index (χ3n) is 5.21. The van der Waals surface area contributed by atoms with Crippen LogP contribution in [0.1, 0.15) is 16.7 Å². The number of nitrogens with zero attached hydrogens (tertiary/aromatic N) is 1. The second-order valence-electron chi connectivity index (χ2n) is 8.17. The number of halogens is 1. The third-order valence-corrected chi connectivity index (χ3v) is 7.29. The predicted molar refractivity (Wildman–Crippen MR) is 138 cm³/mol. The number of nitrogens with one attached hydrogen (secondary N) is 1. The Morgan fingerprint density at radius 2 is 1.60 bits per heavy atom. The van der Waals surface area contributed by atoms with Gasteiger partial charge in [0.1, 0.15) is 24.7 Å². The maximum absolute atomic E-state index is 13.5. The van der Waals surface area contributed by atoms with Gasteiger partial charge in [0.05, 0.1) is 29.3 Å². The molecule has 186 valence electrons. The van der Waals surface area contributed by atoms with Gasteiger partial charge in [0.2, 0.25) is 5.91 Å². The van der Waals surface area contributed by atoms with Crippen molar-refractivity contribution in [1.82, 2.24) is 5.32 Å². The molecule has 0 heterocycles. The highest BCUT2D eigenvalue weighted by Gasteiger charge is 2.27. The molecule has 1 N–H and O–H groups in total. The van der Waals surface area contributed by atoms with Gasteiger partial charge in [0.15, 0.2) is 0 Å². The molecule has 0 aliphatic carbocycles. The van der Waals surface area contributed by atoms with E-state index in [9.17, 15) is 13.2 Å². The third kappa shape index (κ3) is 6.90. The van der Waals surface area contributed by atoms with E-state index >= 15 is 0 Å². The Hall–Kier alpha value is -3.23. The van der Waals surface area contributed by atoms with Crippen LogP contribution in [0.25, 0.3) is 0 Å². The van der Waals surface area contributed by atoms with Crippen LogP contribution in [0, 0.1) is 20.8 Å². The van der Waals surface area contributed by atoms with Crippen LogP contribution >= 0.6 is 11.6 Å². The Kier molecular flexibility index (Phi) is 8.64. The quantitative estimate of drug-likeness (QED) is 0.396. The highest BCUT2D eigenvalue weighted by atomic mass is 35.5. The first kappa shape index (κ1) is 26.4. The minimum Gasteiger partial charge on any atom is -0.495 e. The lowest BCUT2D eigenvalue weighted by molar-refractivity contribution is -0.119. The number of carbonyl (C=O) groups excluding carboxylic acids is 1. The molecule has 9 heteroatoms. The van der Waals surface area contributed by atoms with E-state index < -0.39 is 22.5 Å². The molecule has 0 unspecified atom stereocenters. The fourth-order valence-corrected chi connectivity index (χ4v) is 5.19. The molecule has 0 saturated heterocycles. The number of rotatable bonds is 10. The van der Waals surface area contributed by atoms with Crippen LogP contribution in [0.3, 0.4) is 0 Å². The standard InChI is InChI=1S/C26H29ClN2O5S/c1-18-5-8-23(9-6-18)35(31,32)29(21-7-10-25(33-4)24(27)16-21)17-26(30)28-11-12-34-22-14-19(2)13-20(3)15-22/h5-10,13-16H,11-12,17H2,1-4H3,(H,28,30). The molecule has 3 rings (SSSR count). The summed E-state index contributed by atoms with van der Waals surface area (Å²) in [5.41, 5.74) is 3.33. The van der Waals surface area contributed by atoms with Gasteiger partial charge in [-0.05, 0) is 74.4 Å². The Balaban J connectivity index is 1.75. The van der Waals surface area contributed by atoms with Crippen LogP contribution in [-0.4, -0.2) is 41.1 Å². The van der Waals surface area contributed by atoms with E-state index in [1.54, 1.807) is 24.3 Å². The summed E-state index contributed by atoms with van der Waals surface area (Å²) in [4.78, 5) is 12.8. The summed E-state index contributed by atoms with van der Waals surface area (Å²) in [6, 6.07) is 16.9. The van der Waals surface area contributed by atoms with Crippen molar-refractivity contribution in [3.8, 4) is 11.5 Å². The van der Waals surface area contributed by atoms with Crippen molar-refractivity contribution in [2.24, 2.45) is 0 Å². The molecule has 0 saturated carbocycles. The summed E-state index contributed by atoms with van der Waals surface area (Å²) in [5, 5.41) is 2.96. The number of aryl methyl sites for hydroxylation is 3. The zero-order valence-electron chi connectivity index (χ0n) is 20.2. The smallest absolute Gasteiger partial charge is 0.264 e. The van der Waals surface area contributed by atoms with Crippen LogP contribution in [0.15, 0.2) is 65.6 Å². The molecule has 0 radical (unpaired) electrons. The zero-order chi connectivity index (χ0) is 25.6. The normalized spacial score (nSPS) is 11.1. The molecule has 0 aromatic heterocycles. The Labute approximate surface area is 211 Å². The van der Waals surface area contributed by atoms with E-state index in [1.807, 2.05) is 39.0 Å². The van der Waals surface area contributed by atoms with E-state index in [1.165, 1.54) is 25.3 Å². The highest BCUT2D eigenvalue weighted by Crippen LogP contribution is 2.32. The second-order valence-corrected chi connectivity index (χ2v) is 10.4. The Bertz CT molecular complexity index is 1270. The summed E-state index contributed by atoms with van der Waals surface area (Å²) in [7, 11) is -2.58. The lowest BCUT2D eigenvalue weighted by atomic mass is 10.1. The molecule has 1 amide bonds. The number of amides is 1. The van der Waals surface area contributed by atoms with Gasteiger partial charge in [0.25, 0.3) is 10.0 Å². The van der Waals surface area contributed by atoms with Crippen molar-refractivity contribution in [3.05, 3.63) is 82.4 Å². The number of ether oxygens (including phenoxy) is 2. The SMILES string of the molecule is COc1ccc(N(CC(=O)NCCOc2cc(C)cc(C)c2)S(=O)(=O)c2ccc(C)cc2)cc1Cl. The van der Waals surface area contributed by atoms with Crippen molar-refractivity contribution in [1.29, 1.82) is 0 Å². The summed E-state index contributed by atoms with van der Waals surface area (Å²) >= 11 is 6.25. The number of hydrogen-bond acceptors (Lipinski definition) is 5. The first-order valence-electron chi connectivity index (χ1n) is 11.0. The first-order chi connectivity index (χ1) is 16.6. The van der Waals surface area contributed by atoms with E-state index in [4.69, 9.17) is 21.1 Å². The van der Waals surface area contributed by atoms with Crippen molar-refractivity contribution in [2.75, 3.05) is 31.1 Å². The zero-order valence-corrected chi connectivity index (χ0v) is 21.7. The minimum atomic E-state index is -4.04. The van der Waals surface area contributed by atoms with Crippen molar-refractivity contribution in [2.45, 2.75) is 25.7 Å². The van der Waals surface area contributed by atoms with Gasteiger partial charge in [-0.3, -0.25) is 9.10 Å². The van der Waals surface area contributed by atoms with Crippen LogP contribution in [0.5, 0.6) is 11.5 Å². The molecule has 0 atom stereocenters. The molecular formula is C26H29ClN2O5S. The molecule has 0 aliphatic rings. The van der Waals surface area contributed by atoms with Gasteiger partial charge in [-0.2, -0.15) is 0 Å². The van der Waals surface area contributed by atoms with E-state index in [0.29, 0.717) is 11.5 Å². The monoisotopic (exact) mass is 516 g/mol. The number of sulfonamides is 1. The summed E-state index contributed by atoms with van der Waals surface area (Å²) in [6.07, 6.45) is 0. The fraction of sp³-hybridized carbons (Fsp3) is 0.269. The predicted octanol–water partition coefficient (Wildman–Crippen LogP) is 4.66.